The van der Waals surface area contributed by atoms with E-state index >= 15 is 0 Å². The minimum atomic E-state index is -1.31. The number of rotatable bonds is 2. The van der Waals surface area contributed by atoms with E-state index in [4.69, 9.17) is 9.59 Å². The van der Waals surface area contributed by atoms with Crippen LogP contribution in [-0.2, 0) is 24.0 Å². The molecule has 6 heteroatoms. The zero-order valence-corrected chi connectivity index (χ0v) is 8.16. The van der Waals surface area contributed by atoms with E-state index in [0.717, 1.165) is 0 Å². The SMILES string of the molecule is CC(=O)CC(=O)[O-].CC(C)=O.O=C=O. The lowest BCUT2D eigenvalue weighted by Crippen LogP contribution is -2.24. The summed E-state index contributed by atoms with van der Waals surface area (Å²) in [5.41, 5.74) is 0. The molecule has 0 aromatic rings. The first kappa shape index (κ1) is 18.1. The summed E-state index contributed by atoms with van der Waals surface area (Å²) in [5, 5.41) is 9.48. The predicted molar refractivity (Wildman–Crippen MR) is 41.7 cm³/mol. The molecule has 0 heterocycles. The van der Waals surface area contributed by atoms with Crippen LogP contribution in [0.3, 0.4) is 0 Å². The molecule has 0 aliphatic carbocycles. The molecule has 0 fully saturated rings. The largest absolute Gasteiger partial charge is 0.550 e. The summed E-state index contributed by atoms with van der Waals surface area (Å²) in [6, 6.07) is 0. The van der Waals surface area contributed by atoms with Gasteiger partial charge < -0.3 is 14.7 Å². The molecule has 0 radical (unpaired) electrons. The van der Waals surface area contributed by atoms with Crippen LogP contribution < -0.4 is 5.11 Å². The molecule has 6 nitrogen and oxygen atoms in total. The molecule has 0 spiro atoms. The van der Waals surface area contributed by atoms with Crippen LogP contribution in [0.5, 0.6) is 0 Å². The molecule has 0 unspecified atom stereocenters. The second kappa shape index (κ2) is 13.8. The molecule has 14 heavy (non-hydrogen) atoms. The van der Waals surface area contributed by atoms with E-state index in [1.165, 1.54) is 20.8 Å². The van der Waals surface area contributed by atoms with Crippen molar-refractivity contribution < 1.29 is 29.1 Å². The predicted octanol–water partition coefficient (Wildman–Crippen LogP) is -1.27. The smallest absolute Gasteiger partial charge is 0.373 e. The van der Waals surface area contributed by atoms with Gasteiger partial charge in [-0.25, -0.2) is 0 Å². The Hall–Kier alpha value is -1.81. The van der Waals surface area contributed by atoms with Gasteiger partial charge in [-0.3, -0.25) is 4.79 Å². The summed E-state index contributed by atoms with van der Waals surface area (Å²) < 4.78 is 0. The highest BCUT2D eigenvalue weighted by atomic mass is 16.4. The van der Waals surface area contributed by atoms with E-state index in [0.29, 0.717) is 0 Å². The zero-order valence-electron chi connectivity index (χ0n) is 8.16. The maximum atomic E-state index is 9.83. The van der Waals surface area contributed by atoms with Crippen molar-refractivity contribution >= 4 is 23.7 Å². The molecular weight excluding hydrogens is 192 g/mol. The molecule has 0 N–H and O–H groups in total. The second-order valence-electron chi connectivity index (χ2n) is 2.24. The quantitative estimate of drug-likeness (QED) is 0.517. The third-order valence-corrected chi connectivity index (χ3v) is 0.393. The lowest BCUT2D eigenvalue weighted by molar-refractivity contribution is -0.304. The Morgan fingerprint density at radius 3 is 1.29 bits per heavy atom. The fraction of sp³-hybridized carbons (Fsp3) is 0.500. The monoisotopic (exact) mass is 203 g/mol. The maximum absolute atomic E-state index is 9.83. The summed E-state index contributed by atoms with van der Waals surface area (Å²) in [6.45, 7) is 4.26. The zero-order chi connectivity index (χ0) is 12.1. The Balaban J connectivity index is -0.000000147. The van der Waals surface area contributed by atoms with Crippen molar-refractivity contribution in [2.45, 2.75) is 27.2 Å². The van der Waals surface area contributed by atoms with Crippen molar-refractivity contribution in [1.29, 1.82) is 0 Å². The summed E-state index contributed by atoms with van der Waals surface area (Å²) in [7, 11) is 0. The summed E-state index contributed by atoms with van der Waals surface area (Å²) in [4.78, 5) is 45.0. The van der Waals surface area contributed by atoms with Crippen molar-refractivity contribution in [2.24, 2.45) is 0 Å². The molecule has 0 aromatic heterocycles. The average molecular weight is 203 g/mol. The number of carboxylic acids is 1. The second-order valence-corrected chi connectivity index (χ2v) is 2.24. The number of carbonyl (C=O) groups excluding carboxylic acids is 5. The Kier molecular flexibility index (Phi) is 17.8. The van der Waals surface area contributed by atoms with E-state index in [2.05, 4.69) is 0 Å². The molecule has 0 aliphatic rings. The minimum Gasteiger partial charge on any atom is -0.550 e. The number of carboxylic acid groups (broad SMARTS) is 1. The first-order chi connectivity index (χ1) is 6.27. The van der Waals surface area contributed by atoms with Gasteiger partial charge in [0.1, 0.15) is 11.6 Å². The van der Waals surface area contributed by atoms with E-state index in [9.17, 15) is 19.5 Å². The summed E-state index contributed by atoms with van der Waals surface area (Å²) >= 11 is 0. The molecule has 0 atom stereocenters. The molecule has 0 aromatic carbocycles. The average Bonchev–Trinajstić information content (AvgIpc) is 1.82. The molecule has 0 amide bonds. The van der Waals surface area contributed by atoms with Crippen LogP contribution in [-0.4, -0.2) is 23.7 Å². The van der Waals surface area contributed by atoms with Gasteiger partial charge in [-0.1, -0.05) is 0 Å². The maximum Gasteiger partial charge on any atom is 0.373 e. The van der Waals surface area contributed by atoms with Gasteiger partial charge in [0, 0.05) is 12.4 Å². The van der Waals surface area contributed by atoms with Crippen LogP contribution in [0, 0.1) is 0 Å². The van der Waals surface area contributed by atoms with Crippen molar-refractivity contribution in [3.63, 3.8) is 0 Å². The topological polar surface area (TPSA) is 108 Å². The minimum absolute atomic E-state index is 0.167. The lowest BCUT2D eigenvalue weighted by Gasteiger charge is -1.92. The van der Waals surface area contributed by atoms with Gasteiger partial charge >= 0.3 is 6.15 Å². The number of hydrogen-bond acceptors (Lipinski definition) is 6. The fourth-order valence-electron chi connectivity index (χ4n) is 0.203. The normalized spacial score (nSPS) is 6.50. The van der Waals surface area contributed by atoms with Gasteiger partial charge in [0.15, 0.2) is 0 Å². The Morgan fingerprint density at radius 2 is 1.29 bits per heavy atom. The molecule has 0 aliphatic heterocycles. The van der Waals surface area contributed by atoms with Gasteiger partial charge in [-0.05, 0) is 20.8 Å². The molecular formula is C8H11O6-. The van der Waals surface area contributed by atoms with Crippen molar-refractivity contribution in [1.82, 2.24) is 0 Å². The van der Waals surface area contributed by atoms with E-state index < -0.39 is 12.4 Å². The molecule has 0 rings (SSSR count). The van der Waals surface area contributed by atoms with Crippen LogP contribution in [0.2, 0.25) is 0 Å². The molecule has 0 saturated carbocycles. The first-order valence-electron chi connectivity index (χ1n) is 3.43. The Morgan fingerprint density at radius 1 is 1.07 bits per heavy atom. The van der Waals surface area contributed by atoms with E-state index in [1.807, 2.05) is 0 Å². The number of hydrogen-bond donors (Lipinski definition) is 0. The lowest BCUT2D eigenvalue weighted by atomic mass is 10.3. The fourth-order valence-corrected chi connectivity index (χ4v) is 0.203. The van der Waals surface area contributed by atoms with Crippen molar-refractivity contribution in [2.75, 3.05) is 0 Å². The highest BCUT2D eigenvalue weighted by molar-refractivity contribution is 5.92. The third kappa shape index (κ3) is 179. The standard InChI is InChI=1S/C4H6O3.C3H6O.CO2/c1-3(5)2-4(6)7;1-3(2)4;2-1-3/h2H2,1H3,(H,6,7);1-2H3;/p-1. The number of aliphatic carboxylic acids is 1. The van der Waals surface area contributed by atoms with Crippen LogP contribution in [0.25, 0.3) is 0 Å². The van der Waals surface area contributed by atoms with Gasteiger partial charge in [-0.15, -0.1) is 0 Å². The number of Topliss-reactive ketones (excluding diaryl/α,β-unsaturated/α-hetero) is 2. The third-order valence-electron chi connectivity index (χ3n) is 0.393. The first-order valence-corrected chi connectivity index (χ1v) is 3.43. The van der Waals surface area contributed by atoms with E-state index in [1.54, 1.807) is 0 Å². The van der Waals surface area contributed by atoms with Crippen LogP contribution >= 0.6 is 0 Å². The van der Waals surface area contributed by atoms with Gasteiger partial charge in [-0.2, -0.15) is 9.59 Å². The number of ketones is 2. The van der Waals surface area contributed by atoms with Crippen molar-refractivity contribution in [3.8, 4) is 0 Å². The number of carbonyl (C=O) groups is 3. The van der Waals surface area contributed by atoms with E-state index in [-0.39, 0.29) is 17.7 Å². The molecule has 80 valence electrons. The summed E-state index contributed by atoms with van der Waals surface area (Å²) in [5.74, 6) is -1.52. The Labute approximate surface area is 80.9 Å². The molecule has 0 bridgehead atoms. The van der Waals surface area contributed by atoms with Crippen molar-refractivity contribution in [3.05, 3.63) is 0 Å². The van der Waals surface area contributed by atoms with Crippen LogP contribution in [0.1, 0.15) is 27.2 Å². The Bertz CT molecular complexity index is 208. The highest BCUT2D eigenvalue weighted by Crippen LogP contribution is 1.74. The van der Waals surface area contributed by atoms with Gasteiger partial charge in [0.2, 0.25) is 0 Å². The van der Waals surface area contributed by atoms with Gasteiger partial charge in [0.25, 0.3) is 0 Å². The molecule has 0 saturated heterocycles. The van der Waals surface area contributed by atoms with Crippen LogP contribution in [0.15, 0.2) is 0 Å². The summed E-state index contributed by atoms with van der Waals surface area (Å²) in [6.07, 6.45) is -0.222. The van der Waals surface area contributed by atoms with Crippen LogP contribution in [0.4, 0.5) is 0 Å². The highest BCUT2D eigenvalue weighted by Gasteiger charge is 1.88. The van der Waals surface area contributed by atoms with Gasteiger partial charge in [0.05, 0.1) is 0 Å².